The first-order valence-electron chi connectivity index (χ1n) is 9.17. The Morgan fingerprint density at radius 1 is 1.36 bits per heavy atom. The van der Waals surface area contributed by atoms with E-state index in [2.05, 4.69) is 31.0 Å². The zero-order valence-electron chi connectivity index (χ0n) is 16.0. The second-order valence-electron chi connectivity index (χ2n) is 7.59. The van der Waals surface area contributed by atoms with Gasteiger partial charge in [-0.3, -0.25) is 14.2 Å². The molecular formula is C19H29N5O. The lowest BCUT2D eigenvalue weighted by atomic mass is 10.1. The van der Waals surface area contributed by atoms with Gasteiger partial charge in [-0.2, -0.15) is 10.2 Å². The highest BCUT2D eigenvalue weighted by Crippen LogP contribution is 2.32. The molecule has 0 bridgehead atoms. The molecular weight excluding hydrogens is 314 g/mol. The van der Waals surface area contributed by atoms with Gasteiger partial charge in [-0.1, -0.05) is 13.8 Å². The number of likely N-dealkylation sites (tertiary alicyclic amines) is 1. The minimum atomic E-state index is 0.160. The van der Waals surface area contributed by atoms with Crippen molar-refractivity contribution in [2.75, 3.05) is 6.54 Å². The molecule has 1 aliphatic heterocycles. The Bertz CT molecular complexity index is 758. The standard InChI is InChI=1S/C19H29N5O/c1-13(2)11-24-15(4)17(14(3)21-24)9-19(25)23-8-6-7-18(23)16-10-20-22(5)12-16/h10,12-13,18H,6-9,11H2,1-5H3/t18-/m0/s1. The third-order valence-electron chi connectivity index (χ3n) is 5.08. The molecule has 3 rings (SSSR count). The van der Waals surface area contributed by atoms with Gasteiger partial charge in [0.25, 0.3) is 0 Å². The zero-order valence-corrected chi connectivity index (χ0v) is 16.0. The summed E-state index contributed by atoms with van der Waals surface area (Å²) in [6.07, 6.45) is 6.41. The molecule has 0 aromatic carbocycles. The van der Waals surface area contributed by atoms with Gasteiger partial charge in [0.2, 0.25) is 5.91 Å². The molecule has 2 aromatic heterocycles. The molecule has 2 aromatic rings. The van der Waals surface area contributed by atoms with E-state index in [4.69, 9.17) is 0 Å². The van der Waals surface area contributed by atoms with Crippen LogP contribution in [-0.4, -0.2) is 36.9 Å². The van der Waals surface area contributed by atoms with Crippen molar-refractivity contribution in [1.29, 1.82) is 0 Å². The summed E-state index contributed by atoms with van der Waals surface area (Å²) in [6, 6.07) is 0.160. The molecule has 0 aliphatic carbocycles. The Labute approximate surface area is 149 Å². The Morgan fingerprint density at radius 2 is 2.12 bits per heavy atom. The van der Waals surface area contributed by atoms with Crippen molar-refractivity contribution in [3.8, 4) is 0 Å². The van der Waals surface area contributed by atoms with Crippen molar-refractivity contribution >= 4 is 5.91 Å². The molecule has 0 radical (unpaired) electrons. The Hall–Kier alpha value is -2.11. The highest BCUT2D eigenvalue weighted by molar-refractivity contribution is 5.80. The van der Waals surface area contributed by atoms with Gasteiger partial charge in [-0.15, -0.1) is 0 Å². The monoisotopic (exact) mass is 343 g/mol. The molecule has 6 nitrogen and oxygen atoms in total. The molecule has 0 N–H and O–H groups in total. The fraction of sp³-hybridized carbons (Fsp3) is 0.632. The predicted octanol–water partition coefficient (Wildman–Crippen LogP) is 2.80. The van der Waals surface area contributed by atoms with Crippen molar-refractivity contribution < 1.29 is 4.79 Å². The summed E-state index contributed by atoms with van der Waals surface area (Å²) in [6.45, 7) is 10.2. The first-order chi connectivity index (χ1) is 11.9. The minimum Gasteiger partial charge on any atom is -0.335 e. The normalized spacial score (nSPS) is 17.7. The molecule has 1 aliphatic rings. The first-order valence-corrected chi connectivity index (χ1v) is 9.17. The lowest BCUT2D eigenvalue weighted by molar-refractivity contribution is -0.131. The number of rotatable bonds is 5. The number of carbonyl (C=O) groups is 1. The number of aromatic nitrogens is 4. The van der Waals surface area contributed by atoms with E-state index in [0.29, 0.717) is 12.3 Å². The van der Waals surface area contributed by atoms with Crippen molar-refractivity contribution in [3.63, 3.8) is 0 Å². The van der Waals surface area contributed by atoms with Gasteiger partial charge in [0.05, 0.1) is 24.4 Å². The Kier molecular flexibility index (Phi) is 4.97. The molecule has 3 heterocycles. The van der Waals surface area contributed by atoms with E-state index >= 15 is 0 Å². The number of carbonyl (C=O) groups excluding carboxylic acids is 1. The smallest absolute Gasteiger partial charge is 0.227 e. The molecule has 25 heavy (non-hydrogen) atoms. The second kappa shape index (κ2) is 7.02. The number of aryl methyl sites for hydroxylation is 2. The third kappa shape index (κ3) is 3.62. The van der Waals surface area contributed by atoms with Gasteiger partial charge >= 0.3 is 0 Å². The van der Waals surface area contributed by atoms with Gasteiger partial charge in [0.15, 0.2) is 0 Å². The molecule has 0 saturated carbocycles. The molecule has 1 saturated heterocycles. The molecule has 0 unspecified atom stereocenters. The summed E-state index contributed by atoms with van der Waals surface area (Å²) in [5, 5.41) is 8.91. The maximum atomic E-state index is 13.0. The predicted molar refractivity (Wildman–Crippen MR) is 97.1 cm³/mol. The first kappa shape index (κ1) is 17.7. The van der Waals surface area contributed by atoms with Crippen molar-refractivity contribution in [2.24, 2.45) is 13.0 Å². The summed E-state index contributed by atoms with van der Waals surface area (Å²) >= 11 is 0. The van der Waals surface area contributed by atoms with Crippen LogP contribution in [0.25, 0.3) is 0 Å². The number of nitrogens with zero attached hydrogens (tertiary/aromatic N) is 5. The van der Waals surface area contributed by atoms with Crippen LogP contribution in [0.5, 0.6) is 0 Å². The lowest BCUT2D eigenvalue weighted by Crippen LogP contribution is -2.32. The molecule has 1 fully saturated rings. The maximum Gasteiger partial charge on any atom is 0.227 e. The van der Waals surface area contributed by atoms with E-state index in [1.54, 1.807) is 4.68 Å². The lowest BCUT2D eigenvalue weighted by Gasteiger charge is -2.24. The molecule has 0 spiro atoms. The second-order valence-corrected chi connectivity index (χ2v) is 7.59. The highest BCUT2D eigenvalue weighted by Gasteiger charge is 2.31. The van der Waals surface area contributed by atoms with E-state index in [1.165, 1.54) is 0 Å². The fourth-order valence-corrected chi connectivity index (χ4v) is 3.79. The van der Waals surface area contributed by atoms with Crippen molar-refractivity contribution in [2.45, 2.75) is 59.5 Å². The van der Waals surface area contributed by atoms with E-state index in [-0.39, 0.29) is 11.9 Å². The summed E-state index contributed by atoms with van der Waals surface area (Å²) < 4.78 is 3.85. The van der Waals surface area contributed by atoms with E-state index in [9.17, 15) is 4.79 Å². The number of hydrogen-bond acceptors (Lipinski definition) is 3. The summed E-state index contributed by atoms with van der Waals surface area (Å²) in [5.41, 5.74) is 4.32. The maximum absolute atomic E-state index is 13.0. The Balaban J connectivity index is 1.77. The van der Waals surface area contributed by atoms with Crippen LogP contribution in [0.1, 0.15) is 55.2 Å². The molecule has 1 atom stereocenters. The Morgan fingerprint density at radius 3 is 2.76 bits per heavy atom. The SMILES string of the molecule is Cc1nn(CC(C)C)c(C)c1CC(=O)N1CCC[C@H]1c1cnn(C)c1. The van der Waals surface area contributed by atoms with Gasteiger partial charge < -0.3 is 4.90 Å². The molecule has 136 valence electrons. The van der Waals surface area contributed by atoms with Gasteiger partial charge in [-0.05, 0) is 32.6 Å². The van der Waals surface area contributed by atoms with E-state index in [1.807, 2.05) is 35.9 Å². The van der Waals surface area contributed by atoms with Crippen LogP contribution < -0.4 is 0 Å². The topological polar surface area (TPSA) is 56.0 Å². The van der Waals surface area contributed by atoms with Crippen molar-refractivity contribution in [1.82, 2.24) is 24.5 Å². The van der Waals surface area contributed by atoms with Crippen LogP contribution in [0.3, 0.4) is 0 Å². The van der Waals surface area contributed by atoms with E-state index in [0.717, 1.165) is 48.4 Å². The van der Waals surface area contributed by atoms with E-state index < -0.39 is 0 Å². The van der Waals surface area contributed by atoms with Crippen LogP contribution in [0.2, 0.25) is 0 Å². The van der Waals surface area contributed by atoms with Crippen LogP contribution in [0.15, 0.2) is 12.4 Å². The van der Waals surface area contributed by atoms with Crippen LogP contribution in [0, 0.1) is 19.8 Å². The largest absolute Gasteiger partial charge is 0.335 e. The third-order valence-corrected chi connectivity index (χ3v) is 5.08. The average molecular weight is 343 g/mol. The molecule has 6 heteroatoms. The van der Waals surface area contributed by atoms with Crippen LogP contribution >= 0.6 is 0 Å². The van der Waals surface area contributed by atoms with Gasteiger partial charge in [0, 0.05) is 43.2 Å². The summed E-state index contributed by atoms with van der Waals surface area (Å²) in [7, 11) is 1.92. The average Bonchev–Trinajstić information content (AvgIpc) is 3.23. The summed E-state index contributed by atoms with van der Waals surface area (Å²) in [5.74, 6) is 0.733. The fourth-order valence-electron chi connectivity index (χ4n) is 3.79. The quantitative estimate of drug-likeness (QED) is 0.839. The van der Waals surface area contributed by atoms with Gasteiger partial charge in [-0.25, -0.2) is 0 Å². The van der Waals surface area contributed by atoms with Gasteiger partial charge in [0.1, 0.15) is 0 Å². The van der Waals surface area contributed by atoms with Crippen LogP contribution in [0.4, 0.5) is 0 Å². The minimum absolute atomic E-state index is 0.160. The van der Waals surface area contributed by atoms with Crippen LogP contribution in [-0.2, 0) is 24.8 Å². The number of hydrogen-bond donors (Lipinski definition) is 0. The number of amides is 1. The molecule has 1 amide bonds. The highest BCUT2D eigenvalue weighted by atomic mass is 16.2. The summed E-state index contributed by atoms with van der Waals surface area (Å²) in [4.78, 5) is 15.0. The zero-order chi connectivity index (χ0) is 18.1. The van der Waals surface area contributed by atoms with Crippen molar-refractivity contribution in [3.05, 3.63) is 34.9 Å².